The van der Waals surface area contributed by atoms with Crippen LogP contribution in [0.1, 0.15) is 12.8 Å². The summed E-state index contributed by atoms with van der Waals surface area (Å²) >= 11 is 0. The smallest absolute Gasteiger partial charge is 0.126 e. The summed E-state index contributed by atoms with van der Waals surface area (Å²) in [5, 5.41) is 21.6. The molecule has 0 unspecified atom stereocenters. The maximum Gasteiger partial charge on any atom is 0.126 e. The van der Waals surface area contributed by atoms with E-state index in [-0.39, 0.29) is 12.8 Å². The lowest BCUT2D eigenvalue weighted by Crippen LogP contribution is -2.21. The van der Waals surface area contributed by atoms with Crippen LogP contribution in [0.2, 0.25) is 0 Å². The van der Waals surface area contributed by atoms with Gasteiger partial charge in [-0.2, -0.15) is 0 Å². The van der Waals surface area contributed by atoms with Gasteiger partial charge in [-0.3, -0.25) is 0 Å². The van der Waals surface area contributed by atoms with Crippen molar-refractivity contribution < 1.29 is 10.2 Å². The molecule has 2 heteroatoms. The molecule has 0 spiro atoms. The quantitative estimate of drug-likeness (QED) is 0.522. The monoisotopic (exact) mass is 140 g/mol. The lowest BCUT2D eigenvalue weighted by molar-refractivity contribution is -0.0557. The summed E-state index contributed by atoms with van der Waals surface area (Å²) in [7, 11) is 0. The van der Waals surface area contributed by atoms with Crippen LogP contribution < -0.4 is 0 Å². The van der Waals surface area contributed by atoms with Crippen molar-refractivity contribution in [2.24, 2.45) is 0 Å². The molecule has 0 aromatic heterocycles. The highest BCUT2D eigenvalue weighted by Gasteiger charge is 2.15. The molecule has 0 N–H and O–H groups in total. The van der Waals surface area contributed by atoms with Crippen LogP contribution in [0.3, 0.4) is 0 Å². The minimum absolute atomic E-state index is 0.252. The third kappa shape index (κ3) is 3.43. The molecule has 2 nitrogen and oxygen atoms in total. The molecule has 0 aromatic carbocycles. The Bertz CT molecular complexity index is 95.8. The zero-order valence-corrected chi connectivity index (χ0v) is 5.95. The molecule has 0 aliphatic rings. The molecular formula is C8H12O2. The standard InChI is InChI=1S/C8H12O2/c1-3-5-7(9)8(10)6-4-2/h3-4,7-8H,1-2,5-6H2/t7-,8-/m0/s1. The summed E-state index contributed by atoms with van der Waals surface area (Å²) in [6.07, 6.45) is 1.34. The molecule has 0 aliphatic heterocycles. The van der Waals surface area contributed by atoms with Gasteiger partial charge in [0.25, 0.3) is 0 Å². The predicted octanol–water partition coefficient (Wildman–Crippen LogP) is 1.74. The van der Waals surface area contributed by atoms with Gasteiger partial charge >= 0.3 is 0 Å². The van der Waals surface area contributed by atoms with Crippen molar-refractivity contribution in [1.82, 2.24) is 0 Å². The molecule has 0 aliphatic carbocycles. The van der Waals surface area contributed by atoms with Gasteiger partial charge in [-0.25, -0.2) is 10.2 Å². The fourth-order valence-corrected chi connectivity index (χ4v) is 0.632. The van der Waals surface area contributed by atoms with E-state index < -0.39 is 12.2 Å². The molecule has 0 bridgehead atoms. The second-order valence-corrected chi connectivity index (χ2v) is 2.13. The number of hydrogen-bond acceptors (Lipinski definition) is 0. The van der Waals surface area contributed by atoms with Gasteiger partial charge in [0, 0.05) is 0 Å². The predicted molar refractivity (Wildman–Crippen MR) is 38.6 cm³/mol. The molecule has 0 amide bonds. The van der Waals surface area contributed by atoms with Crippen LogP contribution in [-0.4, -0.2) is 12.2 Å². The lowest BCUT2D eigenvalue weighted by Gasteiger charge is -2.08. The van der Waals surface area contributed by atoms with Crippen LogP contribution in [0.25, 0.3) is 0 Å². The maximum absolute atomic E-state index is 10.8. The Morgan fingerprint density at radius 3 is 1.50 bits per heavy atom. The SMILES string of the molecule is C=CC[C@H]([O])[C@@H]([O])CC=C. The van der Waals surface area contributed by atoms with Gasteiger partial charge in [-0.05, 0) is 12.8 Å². The number of hydrogen-bond donors (Lipinski definition) is 0. The molecule has 2 radical (unpaired) electrons. The third-order valence-electron chi connectivity index (χ3n) is 1.21. The first-order chi connectivity index (χ1) is 4.72. The van der Waals surface area contributed by atoms with Crippen LogP contribution in [0.4, 0.5) is 0 Å². The van der Waals surface area contributed by atoms with Crippen molar-refractivity contribution in [1.29, 1.82) is 0 Å². The van der Waals surface area contributed by atoms with Crippen molar-refractivity contribution in [2.45, 2.75) is 25.0 Å². The first-order valence-electron chi connectivity index (χ1n) is 3.25. The van der Waals surface area contributed by atoms with Crippen LogP contribution in [0.15, 0.2) is 25.3 Å². The highest BCUT2D eigenvalue weighted by atomic mass is 16.3. The van der Waals surface area contributed by atoms with Gasteiger partial charge in [-0.1, -0.05) is 12.2 Å². The Balaban J connectivity index is 3.56. The van der Waals surface area contributed by atoms with E-state index in [0.717, 1.165) is 0 Å². The second kappa shape index (κ2) is 5.21. The minimum atomic E-state index is -1.06. The Labute approximate surface area is 61.5 Å². The lowest BCUT2D eigenvalue weighted by atomic mass is 10.1. The van der Waals surface area contributed by atoms with Gasteiger partial charge in [0.1, 0.15) is 12.2 Å². The fraction of sp³-hybridized carbons (Fsp3) is 0.500. The average molecular weight is 140 g/mol. The summed E-state index contributed by atoms with van der Waals surface area (Å²) in [5.41, 5.74) is 0. The molecular weight excluding hydrogens is 128 g/mol. The summed E-state index contributed by atoms with van der Waals surface area (Å²) in [5.74, 6) is 0. The fourth-order valence-electron chi connectivity index (χ4n) is 0.632. The van der Waals surface area contributed by atoms with Crippen molar-refractivity contribution in [3.8, 4) is 0 Å². The highest BCUT2D eigenvalue weighted by Crippen LogP contribution is 2.05. The summed E-state index contributed by atoms with van der Waals surface area (Å²) < 4.78 is 0. The van der Waals surface area contributed by atoms with Crippen molar-refractivity contribution in [2.75, 3.05) is 0 Å². The Morgan fingerprint density at radius 2 is 1.30 bits per heavy atom. The molecule has 0 saturated heterocycles. The summed E-state index contributed by atoms with van der Waals surface area (Å²) in [6, 6.07) is 0. The zero-order chi connectivity index (χ0) is 7.98. The molecule has 0 heterocycles. The maximum atomic E-state index is 10.8. The first kappa shape index (κ1) is 9.40. The molecule has 56 valence electrons. The minimum Gasteiger partial charge on any atom is -0.230 e. The van der Waals surface area contributed by atoms with Crippen LogP contribution >= 0.6 is 0 Å². The van der Waals surface area contributed by atoms with Crippen LogP contribution in [-0.2, 0) is 10.2 Å². The largest absolute Gasteiger partial charge is 0.230 e. The third-order valence-corrected chi connectivity index (χ3v) is 1.21. The highest BCUT2D eigenvalue weighted by molar-refractivity contribution is 4.81. The molecule has 0 saturated carbocycles. The van der Waals surface area contributed by atoms with E-state index in [4.69, 9.17) is 0 Å². The van der Waals surface area contributed by atoms with E-state index in [1.54, 1.807) is 0 Å². The van der Waals surface area contributed by atoms with Crippen LogP contribution in [0.5, 0.6) is 0 Å². The van der Waals surface area contributed by atoms with Crippen molar-refractivity contribution in [3.63, 3.8) is 0 Å². The van der Waals surface area contributed by atoms with Crippen molar-refractivity contribution >= 4 is 0 Å². The molecule has 0 aromatic rings. The molecule has 10 heavy (non-hydrogen) atoms. The summed E-state index contributed by atoms with van der Waals surface area (Å²) in [6.45, 7) is 6.76. The van der Waals surface area contributed by atoms with Gasteiger partial charge in [0.15, 0.2) is 0 Å². The molecule has 2 atom stereocenters. The Morgan fingerprint density at radius 1 is 1.00 bits per heavy atom. The van der Waals surface area contributed by atoms with E-state index in [1.807, 2.05) is 0 Å². The van der Waals surface area contributed by atoms with Gasteiger partial charge in [0.05, 0.1) is 0 Å². The second-order valence-electron chi connectivity index (χ2n) is 2.13. The van der Waals surface area contributed by atoms with Crippen LogP contribution in [0, 0.1) is 0 Å². The first-order valence-corrected chi connectivity index (χ1v) is 3.25. The topological polar surface area (TPSA) is 39.8 Å². The van der Waals surface area contributed by atoms with Crippen molar-refractivity contribution in [3.05, 3.63) is 25.3 Å². The van der Waals surface area contributed by atoms with Gasteiger partial charge in [-0.15, -0.1) is 13.2 Å². The number of rotatable bonds is 5. The Hall–Kier alpha value is -0.600. The van der Waals surface area contributed by atoms with E-state index in [1.165, 1.54) is 12.2 Å². The summed E-state index contributed by atoms with van der Waals surface area (Å²) in [4.78, 5) is 0. The normalized spacial score (nSPS) is 15.8. The van der Waals surface area contributed by atoms with E-state index in [2.05, 4.69) is 13.2 Å². The average Bonchev–Trinajstić information content (AvgIpc) is 1.89. The van der Waals surface area contributed by atoms with Gasteiger partial charge < -0.3 is 0 Å². The van der Waals surface area contributed by atoms with E-state index in [9.17, 15) is 10.2 Å². The zero-order valence-electron chi connectivity index (χ0n) is 5.95. The molecule has 0 rings (SSSR count). The van der Waals surface area contributed by atoms with Gasteiger partial charge in [0.2, 0.25) is 0 Å². The van der Waals surface area contributed by atoms with E-state index >= 15 is 0 Å². The van der Waals surface area contributed by atoms with E-state index in [0.29, 0.717) is 0 Å². The Kier molecular flexibility index (Phi) is 4.89. The molecule has 0 fully saturated rings.